The highest BCUT2D eigenvalue weighted by Crippen LogP contribution is 2.55. The summed E-state index contributed by atoms with van der Waals surface area (Å²) in [5.74, 6) is -0.132. The van der Waals surface area contributed by atoms with Gasteiger partial charge in [0.2, 0.25) is 10.8 Å². The fourth-order valence-corrected chi connectivity index (χ4v) is 6.46. The number of carbonyl (C=O) groups is 1. The van der Waals surface area contributed by atoms with E-state index in [-0.39, 0.29) is 5.78 Å². The SMILES string of the molecule is CCC1=NN(c2ccccc2)C2(SC(C(=O)c3ccccc3)=NN2c2cccc(Cl)c2C)c2ccccc21. The van der Waals surface area contributed by atoms with E-state index in [0.29, 0.717) is 15.6 Å². The van der Waals surface area contributed by atoms with Crippen molar-refractivity contribution in [3.8, 4) is 0 Å². The van der Waals surface area contributed by atoms with E-state index >= 15 is 0 Å². The molecule has 6 rings (SSSR count). The Kier molecular flexibility index (Phi) is 6.30. The summed E-state index contributed by atoms with van der Waals surface area (Å²) < 4.78 is 0. The van der Waals surface area contributed by atoms with E-state index in [1.54, 1.807) is 0 Å². The van der Waals surface area contributed by atoms with Crippen LogP contribution in [0.1, 0.15) is 40.4 Å². The maximum atomic E-state index is 13.8. The lowest BCUT2D eigenvalue weighted by molar-refractivity contribution is 0.106. The molecule has 38 heavy (non-hydrogen) atoms. The largest absolute Gasteiger partial charge is 0.286 e. The van der Waals surface area contributed by atoms with Gasteiger partial charge in [-0.05, 0) is 54.9 Å². The van der Waals surface area contributed by atoms with Crippen molar-refractivity contribution in [2.75, 3.05) is 10.0 Å². The van der Waals surface area contributed by atoms with Crippen LogP contribution in [0.5, 0.6) is 0 Å². The van der Waals surface area contributed by atoms with Crippen LogP contribution in [0.15, 0.2) is 113 Å². The van der Waals surface area contributed by atoms with E-state index in [4.69, 9.17) is 21.8 Å². The highest BCUT2D eigenvalue weighted by molar-refractivity contribution is 8.17. The van der Waals surface area contributed by atoms with Gasteiger partial charge in [0.25, 0.3) is 0 Å². The molecule has 4 aromatic rings. The van der Waals surface area contributed by atoms with E-state index in [2.05, 4.69) is 19.1 Å². The van der Waals surface area contributed by atoms with Crippen LogP contribution in [0.3, 0.4) is 0 Å². The molecule has 1 spiro atoms. The van der Waals surface area contributed by atoms with E-state index in [1.165, 1.54) is 11.8 Å². The van der Waals surface area contributed by atoms with Crippen LogP contribution in [0.25, 0.3) is 0 Å². The fourth-order valence-electron chi connectivity index (χ4n) is 4.94. The molecule has 7 heteroatoms. The normalized spacial score (nSPS) is 18.3. The number of nitrogens with zero attached hydrogens (tertiary/aromatic N) is 4. The van der Waals surface area contributed by atoms with E-state index in [9.17, 15) is 4.79 Å². The lowest BCUT2D eigenvalue weighted by Gasteiger charge is -2.47. The first kappa shape index (κ1) is 24.5. The average Bonchev–Trinajstić information content (AvgIpc) is 3.36. The van der Waals surface area contributed by atoms with Crippen molar-refractivity contribution in [3.63, 3.8) is 0 Å². The summed E-state index contributed by atoms with van der Waals surface area (Å²) >= 11 is 8.04. The molecule has 0 saturated carbocycles. The summed E-state index contributed by atoms with van der Waals surface area (Å²) in [6.45, 7) is 4.09. The molecule has 0 aromatic heterocycles. The maximum absolute atomic E-state index is 13.8. The molecule has 0 N–H and O–H groups in total. The number of rotatable bonds is 5. The fraction of sp³-hybridized carbons (Fsp3) is 0.129. The monoisotopic (exact) mass is 536 g/mol. The average molecular weight is 537 g/mol. The molecular formula is C31H25ClN4OS. The number of benzene rings is 4. The first-order chi connectivity index (χ1) is 18.5. The molecule has 0 amide bonds. The molecule has 0 saturated heterocycles. The zero-order valence-corrected chi connectivity index (χ0v) is 22.6. The number of thioether (sulfide) groups is 1. The van der Waals surface area contributed by atoms with Gasteiger partial charge in [-0.1, -0.05) is 97.4 Å². The standard InChI is InChI=1S/C31H25ClN4OS/c1-3-27-24-17-10-11-18-25(24)31(35(33-27)23-15-8-5-9-16-23)36(28-20-12-19-26(32)21(28)2)34-30(38-31)29(37)22-13-6-4-7-14-22/h4-20H,3H2,1-2H3. The zero-order valence-electron chi connectivity index (χ0n) is 21.0. The van der Waals surface area contributed by atoms with Gasteiger partial charge < -0.3 is 0 Å². The molecule has 0 radical (unpaired) electrons. The van der Waals surface area contributed by atoms with Crippen LogP contribution in [0, 0.1) is 6.92 Å². The van der Waals surface area contributed by atoms with Gasteiger partial charge in [0.15, 0.2) is 5.04 Å². The Bertz CT molecular complexity index is 1590. The van der Waals surface area contributed by atoms with Crippen LogP contribution < -0.4 is 10.0 Å². The summed E-state index contributed by atoms with van der Waals surface area (Å²) in [6.07, 6.45) is 0.758. The van der Waals surface area contributed by atoms with Gasteiger partial charge in [-0.15, -0.1) is 0 Å². The topological polar surface area (TPSA) is 48.3 Å². The van der Waals surface area contributed by atoms with E-state index in [1.807, 2.05) is 108 Å². The maximum Gasteiger partial charge on any atom is 0.234 e. The third kappa shape index (κ3) is 3.83. The summed E-state index contributed by atoms with van der Waals surface area (Å²) in [6, 6.07) is 33.4. The minimum absolute atomic E-state index is 0.132. The van der Waals surface area contributed by atoms with Crippen molar-refractivity contribution < 1.29 is 4.79 Å². The summed E-state index contributed by atoms with van der Waals surface area (Å²) in [5.41, 5.74) is 6.21. The third-order valence-electron chi connectivity index (χ3n) is 6.85. The number of hydrazone groups is 2. The van der Waals surface area contributed by atoms with Crippen LogP contribution in [0.4, 0.5) is 11.4 Å². The Morgan fingerprint density at radius 2 is 1.53 bits per heavy atom. The van der Waals surface area contributed by atoms with Gasteiger partial charge in [-0.25, -0.2) is 10.0 Å². The van der Waals surface area contributed by atoms with Crippen molar-refractivity contribution >= 4 is 51.3 Å². The van der Waals surface area contributed by atoms with Gasteiger partial charge in [0.1, 0.15) is 0 Å². The molecule has 0 bridgehead atoms. The second-order valence-electron chi connectivity index (χ2n) is 9.10. The lowest BCUT2D eigenvalue weighted by Crippen LogP contribution is -2.54. The molecule has 2 aliphatic rings. The number of anilines is 2. The number of para-hydroxylation sites is 1. The van der Waals surface area contributed by atoms with E-state index in [0.717, 1.165) is 40.2 Å². The van der Waals surface area contributed by atoms with Crippen molar-refractivity contribution in [2.24, 2.45) is 10.2 Å². The van der Waals surface area contributed by atoms with Crippen LogP contribution in [-0.4, -0.2) is 16.5 Å². The van der Waals surface area contributed by atoms with Crippen LogP contribution in [-0.2, 0) is 4.99 Å². The Hall–Kier alpha value is -3.87. The highest BCUT2D eigenvalue weighted by Gasteiger charge is 2.56. The van der Waals surface area contributed by atoms with Gasteiger partial charge in [-0.3, -0.25) is 4.79 Å². The Labute approximate surface area is 231 Å². The number of ketones is 1. The van der Waals surface area contributed by atoms with Crippen molar-refractivity contribution in [3.05, 3.63) is 130 Å². The summed E-state index contributed by atoms with van der Waals surface area (Å²) in [4.78, 5) is 12.8. The second-order valence-corrected chi connectivity index (χ2v) is 10.7. The molecule has 2 heterocycles. The van der Waals surface area contributed by atoms with Crippen molar-refractivity contribution in [2.45, 2.75) is 25.3 Å². The highest BCUT2D eigenvalue weighted by atomic mass is 35.5. The third-order valence-corrected chi connectivity index (χ3v) is 8.57. The Morgan fingerprint density at radius 1 is 0.842 bits per heavy atom. The number of hydrogen-bond donors (Lipinski definition) is 0. The van der Waals surface area contributed by atoms with Crippen LogP contribution in [0.2, 0.25) is 5.02 Å². The summed E-state index contributed by atoms with van der Waals surface area (Å²) in [7, 11) is 0. The Balaban J connectivity index is 1.64. The number of Topliss-reactive ketones (excluding diaryl/α,β-unsaturated/α-hetero) is 1. The zero-order chi connectivity index (χ0) is 26.3. The molecule has 2 aliphatic heterocycles. The number of halogens is 1. The second kappa shape index (κ2) is 9.78. The first-order valence-corrected chi connectivity index (χ1v) is 13.7. The predicted molar refractivity (Wildman–Crippen MR) is 158 cm³/mol. The number of fused-ring (bicyclic) bond motifs is 2. The molecule has 1 unspecified atom stereocenters. The van der Waals surface area contributed by atoms with Gasteiger partial charge in [-0.2, -0.15) is 10.2 Å². The summed E-state index contributed by atoms with van der Waals surface area (Å²) in [5, 5.41) is 15.2. The number of carbonyl (C=O) groups excluding carboxylic acids is 1. The Morgan fingerprint density at radius 3 is 2.26 bits per heavy atom. The predicted octanol–water partition coefficient (Wildman–Crippen LogP) is 7.84. The van der Waals surface area contributed by atoms with Crippen molar-refractivity contribution in [1.29, 1.82) is 0 Å². The minimum atomic E-state index is -0.994. The van der Waals surface area contributed by atoms with Gasteiger partial charge in [0, 0.05) is 21.7 Å². The molecule has 4 aromatic carbocycles. The molecule has 5 nitrogen and oxygen atoms in total. The smallest absolute Gasteiger partial charge is 0.234 e. The molecule has 188 valence electrons. The van der Waals surface area contributed by atoms with Crippen molar-refractivity contribution in [1.82, 2.24) is 0 Å². The molecule has 0 fully saturated rings. The van der Waals surface area contributed by atoms with E-state index < -0.39 is 4.99 Å². The minimum Gasteiger partial charge on any atom is -0.286 e. The quantitative estimate of drug-likeness (QED) is 0.244. The molecule has 1 atom stereocenters. The lowest BCUT2D eigenvalue weighted by atomic mass is 9.96. The van der Waals surface area contributed by atoms with Gasteiger partial charge >= 0.3 is 0 Å². The number of hydrogen-bond acceptors (Lipinski definition) is 6. The molecule has 0 aliphatic carbocycles. The van der Waals surface area contributed by atoms with Crippen LogP contribution >= 0.6 is 23.4 Å². The first-order valence-electron chi connectivity index (χ1n) is 12.5. The molecular weight excluding hydrogens is 512 g/mol. The van der Waals surface area contributed by atoms with Gasteiger partial charge in [0.05, 0.1) is 17.1 Å².